The molecule has 2 saturated heterocycles. The first-order valence-corrected chi connectivity index (χ1v) is 6.38. The molecule has 3 aliphatic rings. The van der Waals surface area contributed by atoms with Crippen molar-refractivity contribution < 1.29 is 19.1 Å². The zero-order chi connectivity index (χ0) is 11.8. The fraction of sp³-hybridized carbons (Fsp3) is 0.833. The summed E-state index contributed by atoms with van der Waals surface area (Å²) < 4.78 is 10.8. The molecule has 1 saturated carbocycles. The molecule has 3 atom stereocenters. The molecule has 3 fully saturated rings. The van der Waals surface area contributed by atoms with E-state index in [-0.39, 0.29) is 23.9 Å². The minimum atomic E-state index is -0.493. The zero-order valence-electron chi connectivity index (χ0n) is 9.76. The smallest absolute Gasteiger partial charge is 0.412 e. The Bertz CT molecular complexity index is 337. The number of Topliss-reactive ketones (excluding diaryl/α,β-unsaturated/α-hetero) is 1. The van der Waals surface area contributed by atoms with Gasteiger partial charge in [0.25, 0.3) is 0 Å². The number of piperidine rings is 1. The molecular formula is C12H17NO4. The number of ketones is 1. The third kappa shape index (κ3) is 2.04. The number of rotatable bonds is 1. The van der Waals surface area contributed by atoms with Gasteiger partial charge in [-0.3, -0.25) is 4.79 Å². The second-order valence-corrected chi connectivity index (χ2v) is 5.09. The van der Waals surface area contributed by atoms with Gasteiger partial charge in [0.1, 0.15) is 6.10 Å². The first-order valence-electron chi connectivity index (χ1n) is 6.38. The Morgan fingerprint density at radius 1 is 1.29 bits per heavy atom. The average molecular weight is 239 g/mol. The van der Waals surface area contributed by atoms with Crippen LogP contribution in [0, 0.1) is 5.92 Å². The van der Waals surface area contributed by atoms with Gasteiger partial charge in [0.2, 0.25) is 6.29 Å². The summed E-state index contributed by atoms with van der Waals surface area (Å²) in [6.07, 6.45) is 3.40. The van der Waals surface area contributed by atoms with Crippen LogP contribution < -0.4 is 0 Å². The van der Waals surface area contributed by atoms with Crippen molar-refractivity contribution in [3.63, 3.8) is 0 Å². The van der Waals surface area contributed by atoms with Crippen LogP contribution in [0.3, 0.4) is 0 Å². The number of nitrogens with zero attached hydrogens (tertiary/aromatic N) is 1. The highest BCUT2D eigenvalue weighted by molar-refractivity contribution is 5.86. The molecule has 0 aromatic carbocycles. The van der Waals surface area contributed by atoms with Crippen molar-refractivity contribution in [3.8, 4) is 0 Å². The highest BCUT2D eigenvalue weighted by Crippen LogP contribution is 2.38. The van der Waals surface area contributed by atoms with Crippen molar-refractivity contribution in [3.05, 3.63) is 0 Å². The van der Waals surface area contributed by atoms with Crippen LogP contribution >= 0.6 is 0 Å². The zero-order valence-corrected chi connectivity index (χ0v) is 9.76. The summed E-state index contributed by atoms with van der Waals surface area (Å²) in [4.78, 5) is 24.9. The van der Waals surface area contributed by atoms with Gasteiger partial charge in [-0.25, -0.2) is 4.79 Å². The SMILES string of the molecule is O=C1CC2CC1OC2OC(=O)N1CCCCC1. The summed E-state index contributed by atoms with van der Waals surface area (Å²) >= 11 is 0. The molecule has 94 valence electrons. The second-order valence-electron chi connectivity index (χ2n) is 5.09. The number of likely N-dealkylation sites (tertiary alicyclic amines) is 1. The number of ether oxygens (including phenoxy) is 2. The van der Waals surface area contributed by atoms with Gasteiger partial charge in [-0.1, -0.05) is 0 Å². The topological polar surface area (TPSA) is 55.8 Å². The quantitative estimate of drug-likeness (QED) is 0.692. The minimum absolute atomic E-state index is 0.0845. The first kappa shape index (κ1) is 11.0. The highest BCUT2D eigenvalue weighted by atomic mass is 16.7. The molecule has 2 bridgehead atoms. The van der Waals surface area contributed by atoms with E-state index < -0.39 is 6.29 Å². The van der Waals surface area contributed by atoms with Gasteiger partial charge in [0.05, 0.1) is 0 Å². The lowest BCUT2D eigenvalue weighted by Crippen LogP contribution is -2.40. The summed E-state index contributed by atoms with van der Waals surface area (Å²) in [5, 5.41) is 0. The van der Waals surface area contributed by atoms with Crippen molar-refractivity contribution in [2.75, 3.05) is 13.1 Å². The summed E-state index contributed by atoms with van der Waals surface area (Å²) in [6, 6.07) is 0. The number of hydrogen-bond acceptors (Lipinski definition) is 4. The Hall–Kier alpha value is -1.10. The molecule has 0 aromatic heterocycles. The largest absolute Gasteiger partial charge is 0.419 e. The van der Waals surface area contributed by atoms with Crippen LogP contribution in [0.5, 0.6) is 0 Å². The molecule has 2 heterocycles. The lowest BCUT2D eigenvalue weighted by Gasteiger charge is -2.29. The van der Waals surface area contributed by atoms with E-state index in [1.807, 2.05) is 0 Å². The van der Waals surface area contributed by atoms with Gasteiger partial charge >= 0.3 is 6.09 Å². The van der Waals surface area contributed by atoms with E-state index in [0.717, 1.165) is 32.4 Å². The third-order valence-electron chi connectivity index (χ3n) is 3.85. The molecule has 1 aliphatic carbocycles. The van der Waals surface area contributed by atoms with Crippen molar-refractivity contribution in [2.45, 2.75) is 44.5 Å². The van der Waals surface area contributed by atoms with Crippen molar-refractivity contribution in [1.29, 1.82) is 0 Å². The molecule has 3 rings (SSSR count). The number of amides is 1. The molecule has 1 amide bonds. The average Bonchev–Trinajstić information content (AvgIpc) is 2.89. The van der Waals surface area contributed by atoms with Gasteiger partial charge in [-0.15, -0.1) is 0 Å². The highest BCUT2D eigenvalue weighted by Gasteiger charge is 2.48. The van der Waals surface area contributed by atoms with Crippen molar-refractivity contribution in [2.24, 2.45) is 5.92 Å². The summed E-state index contributed by atoms with van der Waals surface area (Å²) in [6.45, 7) is 1.55. The van der Waals surface area contributed by atoms with Gasteiger partial charge in [-0.05, 0) is 25.7 Å². The van der Waals surface area contributed by atoms with Crippen LogP contribution in [0.2, 0.25) is 0 Å². The summed E-state index contributed by atoms with van der Waals surface area (Å²) in [5.74, 6) is 0.238. The molecule has 0 aromatic rings. The second kappa shape index (κ2) is 4.29. The van der Waals surface area contributed by atoms with Gasteiger partial charge in [-0.2, -0.15) is 0 Å². The molecule has 0 N–H and O–H groups in total. The molecule has 5 nitrogen and oxygen atoms in total. The first-order chi connectivity index (χ1) is 8.24. The summed E-state index contributed by atoms with van der Waals surface area (Å²) in [7, 11) is 0. The Labute approximate surface area is 100 Å². The lowest BCUT2D eigenvalue weighted by molar-refractivity contribution is -0.160. The van der Waals surface area contributed by atoms with E-state index in [9.17, 15) is 9.59 Å². The van der Waals surface area contributed by atoms with E-state index in [0.29, 0.717) is 6.42 Å². The van der Waals surface area contributed by atoms with Crippen LogP contribution in [0.25, 0.3) is 0 Å². The van der Waals surface area contributed by atoms with Crippen molar-refractivity contribution >= 4 is 11.9 Å². The van der Waals surface area contributed by atoms with Crippen LogP contribution in [0.1, 0.15) is 32.1 Å². The predicted octanol–water partition coefficient (Wildman–Crippen LogP) is 1.31. The van der Waals surface area contributed by atoms with E-state index in [1.165, 1.54) is 6.42 Å². The number of carbonyl (C=O) groups excluding carboxylic acids is 2. The maximum absolute atomic E-state index is 11.9. The maximum Gasteiger partial charge on any atom is 0.412 e. The van der Waals surface area contributed by atoms with E-state index in [1.54, 1.807) is 4.90 Å². The fourth-order valence-electron chi connectivity index (χ4n) is 2.87. The maximum atomic E-state index is 11.9. The van der Waals surface area contributed by atoms with Crippen LogP contribution in [-0.4, -0.2) is 42.3 Å². The normalized spacial score (nSPS) is 36.4. The third-order valence-corrected chi connectivity index (χ3v) is 3.85. The fourth-order valence-corrected chi connectivity index (χ4v) is 2.87. The van der Waals surface area contributed by atoms with Crippen LogP contribution in [-0.2, 0) is 14.3 Å². The molecule has 3 unspecified atom stereocenters. The number of hydrogen-bond donors (Lipinski definition) is 0. The Morgan fingerprint density at radius 2 is 2.06 bits per heavy atom. The predicted molar refractivity (Wildman–Crippen MR) is 58.3 cm³/mol. The number of carbonyl (C=O) groups is 2. The minimum Gasteiger partial charge on any atom is -0.419 e. The van der Waals surface area contributed by atoms with Gasteiger partial charge in [0.15, 0.2) is 5.78 Å². The van der Waals surface area contributed by atoms with Crippen LogP contribution in [0.15, 0.2) is 0 Å². The monoisotopic (exact) mass is 239 g/mol. The van der Waals surface area contributed by atoms with E-state index >= 15 is 0 Å². The molecular weight excluding hydrogens is 222 g/mol. The van der Waals surface area contributed by atoms with Crippen molar-refractivity contribution in [1.82, 2.24) is 4.90 Å². The molecule has 17 heavy (non-hydrogen) atoms. The molecule has 2 aliphatic heterocycles. The molecule has 5 heteroatoms. The lowest BCUT2D eigenvalue weighted by atomic mass is 10.1. The van der Waals surface area contributed by atoms with Crippen LogP contribution in [0.4, 0.5) is 4.79 Å². The Kier molecular flexibility index (Phi) is 2.78. The molecule has 0 radical (unpaired) electrons. The van der Waals surface area contributed by atoms with Gasteiger partial charge < -0.3 is 14.4 Å². The number of fused-ring (bicyclic) bond motifs is 2. The standard InChI is InChI=1S/C12H17NO4/c14-9-6-8-7-10(9)16-11(8)17-12(15)13-4-2-1-3-5-13/h8,10-11H,1-7H2. The Balaban J connectivity index is 1.54. The van der Waals surface area contributed by atoms with Gasteiger partial charge in [0, 0.05) is 25.4 Å². The van der Waals surface area contributed by atoms with E-state index in [4.69, 9.17) is 9.47 Å². The molecule has 0 spiro atoms. The van der Waals surface area contributed by atoms with E-state index in [2.05, 4.69) is 0 Å². The summed E-state index contributed by atoms with van der Waals surface area (Å²) in [5.41, 5.74) is 0. The Morgan fingerprint density at radius 3 is 2.65 bits per heavy atom.